The Morgan fingerprint density at radius 3 is 2.42 bits per heavy atom. The molecule has 3 aliphatic heterocycles. The lowest BCUT2D eigenvalue weighted by Crippen LogP contribution is -2.52. The second kappa shape index (κ2) is 7.99. The molecule has 33 heavy (non-hydrogen) atoms. The number of amides is 3. The van der Waals surface area contributed by atoms with E-state index in [2.05, 4.69) is 34.5 Å². The number of hydrogen-bond acceptors (Lipinski definition) is 5. The van der Waals surface area contributed by atoms with Crippen LogP contribution in [0.5, 0.6) is 5.75 Å². The molecular formula is C26H27N3O4. The fourth-order valence-electron chi connectivity index (χ4n) is 5.85. The zero-order chi connectivity index (χ0) is 22.5. The summed E-state index contributed by atoms with van der Waals surface area (Å²) >= 11 is 0. The van der Waals surface area contributed by atoms with Crippen LogP contribution >= 0.6 is 0 Å². The second-order valence-electron chi connectivity index (χ2n) is 9.55. The first-order valence-corrected chi connectivity index (χ1v) is 11.8. The molecule has 2 aromatic rings. The zero-order valence-corrected chi connectivity index (χ0v) is 18.5. The molecule has 3 atom stereocenters. The van der Waals surface area contributed by atoms with Crippen LogP contribution in [-0.2, 0) is 29.2 Å². The fraction of sp³-hybridized carbons (Fsp3) is 0.423. The summed E-state index contributed by atoms with van der Waals surface area (Å²) in [6, 6.07) is 14.1. The third-order valence-electron chi connectivity index (χ3n) is 7.53. The Balaban J connectivity index is 1.16. The molecule has 1 aliphatic carbocycles. The number of rotatable bonds is 4. The summed E-state index contributed by atoms with van der Waals surface area (Å²) in [5.74, 6) is -0.0347. The van der Waals surface area contributed by atoms with E-state index in [-0.39, 0.29) is 30.2 Å². The van der Waals surface area contributed by atoms with Gasteiger partial charge in [0.1, 0.15) is 17.9 Å². The Morgan fingerprint density at radius 1 is 0.879 bits per heavy atom. The summed E-state index contributed by atoms with van der Waals surface area (Å²) in [6.07, 6.45) is 4.06. The average molecular weight is 446 g/mol. The largest absolute Gasteiger partial charge is 0.489 e. The summed E-state index contributed by atoms with van der Waals surface area (Å²) in [6.45, 7) is 2.31. The van der Waals surface area contributed by atoms with Gasteiger partial charge in [0, 0.05) is 37.7 Å². The molecule has 4 aliphatic rings. The van der Waals surface area contributed by atoms with Gasteiger partial charge >= 0.3 is 0 Å². The summed E-state index contributed by atoms with van der Waals surface area (Å²) < 4.78 is 6.48. The Labute approximate surface area is 192 Å². The van der Waals surface area contributed by atoms with Gasteiger partial charge in [-0.1, -0.05) is 24.3 Å². The van der Waals surface area contributed by atoms with Gasteiger partial charge in [0.25, 0.3) is 5.91 Å². The van der Waals surface area contributed by atoms with Crippen molar-refractivity contribution in [3.05, 3.63) is 64.7 Å². The lowest BCUT2D eigenvalue weighted by Gasteiger charge is -2.29. The first-order valence-electron chi connectivity index (χ1n) is 11.8. The minimum Gasteiger partial charge on any atom is -0.489 e. The summed E-state index contributed by atoms with van der Waals surface area (Å²) in [7, 11) is 0. The third-order valence-corrected chi connectivity index (χ3v) is 7.53. The summed E-state index contributed by atoms with van der Waals surface area (Å²) in [4.78, 5) is 40.8. The molecule has 0 bridgehead atoms. The van der Waals surface area contributed by atoms with E-state index in [1.807, 2.05) is 18.2 Å². The number of benzene rings is 2. The highest BCUT2D eigenvalue weighted by Crippen LogP contribution is 2.35. The third kappa shape index (κ3) is 3.60. The van der Waals surface area contributed by atoms with Crippen molar-refractivity contribution in [1.29, 1.82) is 0 Å². The van der Waals surface area contributed by atoms with E-state index in [4.69, 9.17) is 4.74 Å². The molecule has 1 saturated carbocycles. The lowest BCUT2D eigenvalue weighted by atomic mass is 10.0. The highest BCUT2D eigenvalue weighted by molar-refractivity contribution is 6.05. The number of hydrogen-bond donors (Lipinski definition) is 1. The molecule has 2 fully saturated rings. The molecule has 3 amide bonds. The molecule has 6 rings (SSSR count). The first-order chi connectivity index (χ1) is 16.1. The van der Waals surface area contributed by atoms with Gasteiger partial charge in [-0.25, -0.2) is 0 Å². The van der Waals surface area contributed by atoms with Crippen molar-refractivity contribution in [3.8, 4) is 5.75 Å². The smallest absolute Gasteiger partial charge is 0.255 e. The van der Waals surface area contributed by atoms with E-state index >= 15 is 0 Å². The minimum atomic E-state index is -0.594. The van der Waals surface area contributed by atoms with Crippen molar-refractivity contribution in [2.45, 2.75) is 69.9 Å². The number of imide groups is 1. The van der Waals surface area contributed by atoms with Crippen molar-refractivity contribution < 1.29 is 19.1 Å². The van der Waals surface area contributed by atoms with Gasteiger partial charge < -0.3 is 9.64 Å². The maximum Gasteiger partial charge on any atom is 0.255 e. The average Bonchev–Trinajstić information content (AvgIpc) is 3.51. The molecule has 0 aromatic heterocycles. The number of nitrogens with zero attached hydrogens (tertiary/aromatic N) is 2. The van der Waals surface area contributed by atoms with E-state index in [0.29, 0.717) is 24.6 Å². The number of piperidine rings is 1. The van der Waals surface area contributed by atoms with Gasteiger partial charge in [-0.15, -0.1) is 0 Å². The Morgan fingerprint density at radius 2 is 1.67 bits per heavy atom. The molecule has 7 nitrogen and oxygen atoms in total. The molecule has 3 heterocycles. The molecule has 7 heteroatoms. The number of carbonyl (C=O) groups excluding carboxylic acids is 3. The van der Waals surface area contributed by atoms with Gasteiger partial charge in [0.05, 0.1) is 0 Å². The minimum absolute atomic E-state index is 0.126. The van der Waals surface area contributed by atoms with Crippen LogP contribution in [0.1, 0.15) is 59.2 Å². The topological polar surface area (TPSA) is 79.0 Å². The molecular weight excluding hydrogens is 418 g/mol. The fourth-order valence-corrected chi connectivity index (χ4v) is 5.85. The second-order valence-corrected chi connectivity index (χ2v) is 9.55. The van der Waals surface area contributed by atoms with Crippen molar-refractivity contribution in [2.75, 3.05) is 0 Å². The highest BCUT2D eigenvalue weighted by Gasteiger charge is 2.40. The van der Waals surface area contributed by atoms with Crippen LogP contribution in [0.15, 0.2) is 42.5 Å². The lowest BCUT2D eigenvalue weighted by molar-refractivity contribution is -0.136. The van der Waals surface area contributed by atoms with Crippen LogP contribution in [0.25, 0.3) is 0 Å². The highest BCUT2D eigenvalue weighted by atomic mass is 16.5. The Kier molecular flexibility index (Phi) is 4.94. The number of carbonyl (C=O) groups is 3. The number of nitrogens with one attached hydrogen (secondary N) is 1. The molecule has 170 valence electrons. The van der Waals surface area contributed by atoms with E-state index in [1.165, 1.54) is 11.1 Å². The molecule has 0 radical (unpaired) electrons. The van der Waals surface area contributed by atoms with Crippen molar-refractivity contribution in [2.24, 2.45) is 0 Å². The summed E-state index contributed by atoms with van der Waals surface area (Å²) in [5.41, 5.74) is 4.32. The maximum atomic E-state index is 12.9. The van der Waals surface area contributed by atoms with Crippen LogP contribution in [-0.4, -0.2) is 45.7 Å². The first kappa shape index (κ1) is 20.4. The van der Waals surface area contributed by atoms with Gasteiger partial charge in [-0.05, 0) is 60.6 Å². The van der Waals surface area contributed by atoms with Gasteiger partial charge in [0.15, 0.2) is 0 Å². The number of fused-ring (bicyclic) bond motifs is 2. The van der Waals surface area contributed by atoms with E-state index in [1.54, 1.807) is 4.90 Å². The summed E-state index contributed by atoms with van der Waals surface area (Å²) in [5, 5.41) is 2.35. The van der Waals surface area contributed by atoms with E-state index < -0.39 is 6.04 Å². The monoisotopic (exact) mass is 445 g/mol. The predicted molar refractivity (Wildman–Crippen MR) is 120 cm³/mol. The van der Waals surface area contributed by atoms with Gasteiger partial charge in [-0.3, -0.25) is 24.6 Å². The van der Waals surface area contributed by atoms with Crippen LogP contribution in [0.4, 0.5) is 0 Å². The molecule has 1 saturated heterocycles. The maximum absolute atomic E-state index is 12.9. The van der Waals surface area contributed by atoms with E-state index in [0.717, 1.165) is 43.7 Å². The van der Waals surface area contributed by atoms with E-state index in [9.17, 15) is 14.4 Å². The molecule has 0 spiro atoms. The Hall–Kier alpha value is -3.19. The van der Waals surface area contributed by atoms with Gasteiger partial charge in [-0.2, -0.15) is 0 Å². The van der Waals surface area contributed by atoms with Crippen molar-refractivity contribution in [1.82, 2.24) is 15.1 Å². The van der Waals surface area contributed by atoms with Crippen LogP contribution in [0.3, 0.4) is 0 Å². The molecule has 3 unspecified atom stereocenters. The Bertz CT molecular complexity index is 1120. The zero-order valence-electron chi connectivity index (χ0n) is 18.5. The predicted octanol–water partition coefficient (Wildman–Crippen LogP) is 2.76. The normalized spacial score (nSPS) is 27.0. The van der Waals surface area contributed by atoms with Gasteiger partial charge in [0.2, 0.25) is 11.8 Å². The van der Waals surface area contributed by atoms with Crippen LogP contribution in [0.2, 0.25) is 0 Å². The van der Waals surface area contributed by atoms with Crippen LogP contribution < -0.4 is 10.1 Å². The SMILES string of the molecule is O=C1CCC(N2Cc3cc(OC4CCCC4N4Cc5ccccc5C4)ccc3C2=O)C(=O)N1. The quantitative estimate of drug-likeness (QED) is 0.733. The standard InChI is InChI=1S/C26H27N3O4/c30-24-11-10-22(25(31)27-24)29-15-18-12-19(8-9-20(18)26(29)32)33-23-7-3-6-21(23)28-13-16-4-1-2-5-17(16)14-28/h1-2,4-5,8-9,12,21-23H,3,6-7,10-11,13-15H2,(H,27,30,31). The number of ether oxygens (including phenoxy) is 1. The molecule has 1 N–H and O–H groups in total. The van der Waals surface area contributed by atoms with Crippen molar-refractivity contribution >= 4 is 17.7 Å². The van der Waals surface area contributed by atoms with Crippen LogP contribution in [0, 0.1) is 0 Å². The molecule has 2 aromatic carbocycles. The van der Waals surface area contributed by atoms with Crippen molar-refractivity contribution in [3.63, 3.8) is 0 Å².